The van der Waals surface area contributed by atoms with Crippen molar-refractivity contribution in [1.82, 2.24) is 9.80 Å². The highest BCUT2D eigenvalue weighted by Gasteiger charge is 2.38. The number of rotatable bonds is 2. The average Bonchev–Trinajstić information content (AvgIpc) is 2.49. The molecule has 0 spiro atoms. The van der Waals surface area contributed by atoms with Gasteiger partial charge < -0.3 is 14.5 Å². The molecule has 0 aliphatic carbocycles. The molecule has 2 aliphatic rings. The third kappa shape index (κ3) is 3.08. The van der Waals surface area contributed by atoms with Gasteiger partial charge in [-0.1, -0.05) is 0 Å². The Morgan fingerprint density at radius 1 is 1.16 bits per heavy atom. The smallest absolute Gasteiger partial charge is 0.229 e. The van der Waals surface area contributed by atoms with Gasteiger partial charge in [0, 0.05) is 40.2 Å². The van der Waals surface area contributed by atoms with Gasteiger partial charge in [0.2, 0.25) is 11.8 Å². The number of likely N-dealkylation sites (tertiary alicyclic amines) is 2. The van der Waals surface area contributed by atoms with Crippen LogP contribution < -0.4 is 0 Å². The minimum absolute atomic E-state index is 0.0100. The molecule has 0 N–H and O–H groups in total. The van der Waals surface area contributed by atoms with Gasteiger partial charge in [-0.05, 0) is 26.2 Å². The molecule has 2 fully saturated rings. The van der Waals surface area contributed by atoms with E-state index < -0.39 is 0 Å². The molecule has 19 heavy (non-hydrogen) atoms. The number of amides is 2. The molecule has 5 nitrogen and oxygen atoms in total. The van der Waals surface area contributed by atoms with Crippen LogP contribution in [0.4, 0.5) is 0 Å². The molecule has 0 bridgehead atoms. The zero-order valence-electron chi connectivity index (χ0n) is 12.1. The second kappa shape index (κ2) is 5.49. The topological polar surface area (TPSA) is 49.9 Å². The van der Waals surface area contributed by atoms with Gasteiger partial charge in [-0.2, -0.15) is 0 Å². The number of ether oxygens (including phenoxy) is 1. The molecule has 108 valence electrons. The Labute approximate surface area is 114 Å². The lowest BCUT2D eigenvalue weighted by Crippen LogP contribution is -2.56. The molecule has 2 aliphatic heterocycles. The Morgan fingerprint density at radius 3 is 2.42 bits per heavy atom. The fraction of sp³-hybridized carbons (Fsp3) is 0.857. The van der Waals surface area contributed by atoms with Crippen LogP contribution in [0.1, 0.15) is 33.1 Å². The maximum atomic E-state index is 12.3. The van der Waals surface area contributed by atoms with Crippen molar-refractivity contribution in [2.75, 3.05) is 33.3 Å². The quantitative estimate of drug-likeness (QED) is 0.747. The van der Waals surface area contributed by atoms with E-state index in [1.807, 2.05) is 4.90 Å². The number of hydrogen-bond donors (Lipinski definition) is 0. The van der Waals surface area contributed by atoms with E-state index in [0.717, 1.165) is 32.4 Å². The number of methoxy groups -OCH3 is 1. The Kier molecular flexibility index (Phi) is 4.13. The SMILES string of the molecule is CO[C@]1(C)CCCN(C(=O)C2CN(C(C)=O)C2)CC1. The van der Waals surface area contributed by atoms with Crippen molar-refractivity contribution < 1.29 is 14.3 Å². The van der Waals surface area contributed by atoms with Crippen LogP contribution in [0, 0.1) is 5.92 Å². The summed E-state index contributed by atoms with van der Waals surface area (Å²) in [5, 5.41) is 0. The van der Waals surface area contributed by atoms with Gasteiger partial charge in [-0.15, -0.1) is 0 Å². The minimum Gasteiger partial charge on any atom is -0.378 e. The van der Waals surface area contributed by atoms with Crippen LogP contribution in [0.15, 0.2) is 0 Å². The number of carbonyl (C=O) groups excluding carboxylic acids is 2. The van der Waals surface area contributed by atoms with E-state index in [-0.39, 0.29) is 23.3 Å². The second-order valence-electron chi connectivity index (χ2n) is 5.95. The first-order valence-corrected chi connectivity index (χ1v) is 7.05. The number of hydrogen-bond acceptors (Lipinski definition) is 3. The maximum Gasteiger partial charge on any atom is 0.229 e. The molecule has 2 saturated heterocycles. The van der Waals surface area contributed by atoms with E-state index in [2.05, 4.69) is 6.92 Å². The van der Waals surface area contributed by atoms with Gasteiger partial charge in [0.05, 0.1) is 11.5 Å². The van der Waals surface area contributed by atoms with E-state index >= 15 is 0 Å². The zero-order chi connectivity index (χ0) is 14.0. The molecule has 1 atom stereocenters. The Balaban J connectivity index is 1.86. The highest BCUT2D eigenvalue weighted by molar-refractivity contribution is 5.83. The summed E-state index contributed by atoms with van der Waals surface area (Å²) in [6.07, 6.45) is 2.87. The van der Waals surface area contributed by atoms with Gasteiger partial charge in [0.1, 0.15) is 0 Å². The molecule has 0 saturated carbocycles. The lowest BCUT2D eigenvalue weighted by Gasteiger charge is -2.40. The van der Waals surface area contributed by atoms with Crippen molar-refractivity contribution in [3.63, 3.8) is 0 Å². The molecule has 0 unspecified atom stereocenters. The summed E-state index contributed by atoms with van der Waals surface area (Å²) in [6, 6.07) is 0. The molecule has 0 aromatic carbocycles. The van der Waals surface area contributed by atoms with E-state index in [1.54, 1.807) is 18.9 Å². The van der Waals surface area contributed by atoms with Crippen molar-refractivity contribution in [3.05, 3.63) is 0 Å². The van der Waals surface area contributed by atoms with Crippen molar-refractivity contribution >= 4 is 11.8 Å². The van der Waals surface area contributed by atoms with Crippen molar-refractivity contribution in [2.45, 2.75) is 38.7 Å². The molecule has 0 aromatic heterocycles. The maximum absolute atomic E-state index is 12.3. The fourth-order valence-electron chi connectivity index (χ4n) is 2.83. The zero-order valence-corrected chi connectivity index (χ0v) is 12.1. The summed E-state index contributed by atoms with van der Waals surface area (Å²) in [7, 11) is 1.74. The minimum atomic E-state index is -0.0972. The first kappa shape index (κ1) is 14.3. The van der Waals surface area contributed by atoms with E-state index in [9.17, 15) is 9.59 Å². The van der Waals surface area contributed by atoms with Crippen LogP contribution in [0.25, 0.3) is 0 Å². The molecule has 0 radical (unpaired) electrons. The van der Waals surface area contributed by atoms with Gasteiger partial charge in [0.15, 0.2) is 0 Å². The van der Waals surface area contributed by atoms with Gasteiger partial charge in [-0.3, -0.25) is 9.59 Å². The lowest BCUT2D eigenvalue weighted by molar-refractivity contribution is -0.147. The summed E-state index contributed by atoms with van der Waals surface area (Å²) in [5.74, 6) is 0.278. The molecular weight excluding hydrogens is 244 g/mol. The van der Waals surface area contributed by atoms with Crippen LogP contribution in [-0.2, 0) is 14.3 Å². The third-order valence-electron chi connectivity index (χ3n) is 4.52. The first-order valence-electron chi connectivity index (χ1n) is 7.05. The van der Waals surface area contributed by atoms with Crippen LogP contribution in [0.3, 0.4) is 0 Å². The lowest BCUT2D eigenvalue weighted by atomic mass is 9.97. The normalized spacial score (nSPS) is 28.8. The Bertz CT molecular complexity index is 366. The second-order valence-corrected chi connectivity index (χ2v) is 5.95. The predicted molar refractivity (Wildman–Crippen MR) is 71.6 cm³/mol. The summed E-state index contributed by atoms with van der Waals surface area (Å²) in [5.41, 5.74) is -0.0972. The van der Waals surface area contributed by atoms with Crippen LogP contribution in [0.2, 0.25) is 0 Å². The van der Waals surface area contributed by atoms with Crippen LogP contribution in [-0.4, -0.2) is 60.5 Å². The van der Waals surface area contributed by atoms with Gasteiger partial charge in [0.25, 0.3) is 0 Å². The van der Waals surface area contributed by atoms with Crippen molar-refractivity contribution in [2.24, 2.45) is 5.92 Å². The Hall–Kier alpha value is -1.10. The van der Waals surface area contributed by atoms with Gasteiger partial charge >= 0.3 is 0 Å². The monoisotopic (exact) mass is 268 g/mol. The molecule has 2 rings (SSSR count). The van der Waals surface area contributed by atoms with Crippen LogP contribution >= 0.6 is 0 Å². The largest absolute Gasteiger partial charge is 0.378 e. The van der Waals surface area contributed by atoms with Crippen molar-refractivity contribution in [3.8, 4) is 0 Å². The summed E-state index contributed by atoms with van der Waals surface area (Å²) in [6.45, 7) is 6.42. The van der Waals surface area contributed by atoms with E-state index in [4.69, 9.17) is 4.74 Å². The summed E-state index contributed by atoms with van der Waals surface area (Å²) in [4.78, 5) is 27.2. The van der Waals surface area contributed by atoms with Crippen molar-refractivity contribution in [1.29, 1.82) is 0 Å². The first-order chi connectivity index (χ1) is 8.95. The number of carbonyl (C=O) groups is 2. The average molecular weight is 268 g/mol. The van der Waals surface area contributed by atoms with Gasteiger partial charge in [-0.25, -0.2) is 0 Å². The fourth-order valence-corrected chi connectivity index (χ4v) is 2.83. The van der Waals surface area contributed by atoms with Crippen LogP contribution in [0.5, 0.6) is 0 Å². The standard InChI is InChI=1S/C14H24N2O3/c1-11(17)16-9-12(10-16)13(18)15-7-4-5-14(2,19-3)6-8-15/h12H,4-10H2,1-3H3/t14-/m1/s1. The number of nitrogens with zero attached hydrogens (tertiary/aromatic N) is 2. The Morgan fingerprint density at radius 2 is 1.84 bits per heavy atom. The molecule has 5 heteroatoms. The third-order valence-corrected chi connectivity index (χ3v) is 4.52. The molecule has 0 aromatic rings. The highest BCUT2D eigenvalue weighted by atomic mass is 16.5. The summed E-state index contributed by atoms with van der Waals surface area (Å²) < 4.78 is 5.55. The van der Waals surface area contributed by atoms with E-state index in [1.165, 1.54) is 0 Å². The highest BCUT2D eigenvalue weighted by Crippen LogP contribution is 2.27. The molecule has 2 amide bonds. The van der Waals surface area contributed by atoms with E-state index in [0.29, 0.717) is 13.1 Å². The molecule has 2 heterocycles. The predicted octanol–water partition coefficient (Wildman–Crippen LogP) is 0.882. The molecular formula is C14H24N2O3. The summed E-state index contributed by atoms with van der Waals surface area (Å²) >= 11 is 0.